The molecule has 0 unspecified atom stereocenters. The van der Waals surface area contributed by atoms with Gasteiger partial charge in [0.1, 0.15) is 5.71 Å². The highest BCUT2D eigenvalue weighted by atomic mass is 16.2. The molecule has 1 aromatic rings. The Balaban J connectivity index is 1.72. The molecule has 1 fully saturated rings. The molecule has 1 N–H and O–H groups in total. The van der Waals surface area contributed by atoms with Crippen molar-refractivity contribution in [3.05, 3.63) is 29.8 Å². The summed E-state index contributed by atoms with van der Waals surface area (Å²) in [4.78, 5) is 24.9. The van der Waals surface area contributed by atoms with Crippen molar-refractivity contribution >= 4 is 23.2 Å². The van der Waals surface area contributed by atoms with Gasteiger partial charge in [-0.1, -0.05) is 50.3 Å². The topological polar surface area (TPSA) is 61.8 Å². The number of nitrogens with one attached hydrogen (secondary N) is 1. The van der Waals surface area contributed by atoms with Crippen molar-refractivity contribution in [1.29, 1.82) is 0 Å². The van der Waals surface area contributed by atoms with Crippen LogP contribution in [0.4, 0.5) is 5.69 Å². The molecule has 1 aliphatic carbocycles. The third-order valence-electron chi connectivity index (χ3n) is 5.08. The third kappa shape index (κ3) is 4.47. The summed E-state index contributed by atoms with van der Waals surface area (Å²) in [7, 11) is 0. The van der Waals surface area contributed by atoms with Crippen LogP contribution in [-0.4, -0.2) is 23.6 Å². The molecule has 1 aliphatic heterocycles. The molecule has 2 aliphatic rings. The first-order chi connectivity index (χ1) is 12.1. The molecular formula is C20H27N3O2. The van der Waals surface area contributed by atoms with Crippen LogP contribution >= 0.6 is 0 Å². The Hall–Kier alpha value is -2.17. The summed E-state index contributed by atoms with van der Waals surface area (Å²) in [6, 6.07) is 7.86. The van der Waals surface area contributed by atoms with Crippen LogP contribution in [0.3, 0.4) is 0 Å². The molecule has 25 heavy (non-hydrogen) atoms. The van der Waals surface area contributed by atoms with Gasteiger partial charge in [-0.2, -0.15) is 5.10 Å². The third-order valence-corrected chi connectivity index (χ3v) is 5.08. The van der Waals surface area contributed by atoms with Gasteiger partial charge in [0, 0.05) is 18.9 Å². The van der Waals surface area contributed by atoms with E-state index in [0.717, 1.165) is 24.1 Å². The lowest BCUT2D eigenvalue weighted by atomic mass is 9.96. The van der Waals surface area contributed by atoms with Gasteiger partial charge in [-0.15, -0.1) is 0 Å². The molecule has 0 atom stereocenters. The molecule has 1 saturated carbocycles. The highest BCUT2D eigenvalue weighted by Gasteiger charge is 2.27. The minimum atomic E-state index is -0.114. The molecule has 0 bridgehead atoms. The number of hydrogen-bond donors (Lipinski definition) is 1. The van der Waals surface area contributed by atoms with Gasteiger partial charge in [0.15, 0.2) is 0 Å². The largest absolute Gasteiger partial charge is 0.348 e. The summed E-state index contributed by atoms with van der Waals surface area (Å²) in [6.07, 6.45) is 8.98. The van der Waals surface area contributed by atoms with E-state index in [1.165, 1.54) is 37.1 Å². The second kappa shape index (κ2) is 8.28. The van der Waals surface area contributed by atoms with Crippen molar-refractivity contribution in [2.24, 2.45) is 5.10 Å². The van der Waals surface area contributed by atoms with Gasteiger partial charge in [0.2, 0.25) is 5.91 Å². The van der Waals surface area contributed by atoms with Gasteiger partial charge in [0.05, 0.1) is 5.69 Å². The lowest BCUT2D eigenvalue weighted by Crippen LogP contribution is -2.43. The van der Waals surface area contributed by atoms with Gasteiger partial charge < -0.3 is 5.32 Å². The smallest absolute Gasteiger partial charge is 0.267 e. The van der Waals surface area contributed by atoms with Crippen LogP contribution in [0.1, 0.15) is 63.4 Å². The van der Waals surface area contributed by atoms with E-state index in [9.17, 15) is 9.59 Å². The predicted octanol–water partition coefficient (Wildman–Crippen LogP) is 3.71. The van der Waals surface area contributed by atoms with Crippen molar-refractivity contribution < 1.29 is 9.59 Å². The van der Waals surface area contributed by atoms with Crippen LogP contribution in [-0.2, 0) is 9.59 Å². The van der Waals surface area contributed by atoms with Gasteiger partial charge in [0.25, 0.3) is 5.91 Å². The molecule has 3 rings (SSSR count). The number of carbonyl (C=O) groups is 2. The minimum Gasteiger partial charge on any atom is -0.348 e. The van der Waals surface area contributed by atoms with E-state index in [2.05, 4.69) is 10.4 Å². The first kappa shape index (κ1) is 17.6. The van der Waals surface area contributed by atoms with Crippen LogP contribution < -0.4 is 10.3 Å². The van der Waals surface area contributed by atoms with Crippen molar-refractivity contribution in [3.63, 3.8) is 0 Å². The Morgan fingerprint density at radius 1 is 1.08 bits per heavy atom. The zero-order valence-corrected chi connectivity index (χ0v) is 15.0. The van der Waals surface area contributed by atoms with Crippen LogP contribution in [0.25, 0.3) is 0 Å². The molecule has 0 radical (unpaired) electrons. The van der Waals surface area contributed by atoms with Crippen LogP contribution in [0.2, 0.25) is 0 Å². The number of hydrazone groups is 1. The van der Waals surface area contributed by atoms with E-state index in [1.807, 2.05) is 31.2 Å². The maximum atomic E-state index is 12.7. The summed E-state index contributed by atoms with van der Waals surface area (Å²) in [6.45, 7) is 1.95. The second-order valence-electron chi connectivity index (χ2n) is 7.05. The Morgan fingerprint density at radius 3 is 2.48 bits per heavy atom. The average Bonchev–Trinajstić information content (AvgIpc) is 2.58. The van der Waals surface area contributed by atoms with Gasteiger partial charge in [-0.3, -0.25) is 9.59 Å². The lowest BCUT2D eigenvalue weighted by molar-refractivity contribution is -0.119. The fourth-order valence-electron chi connectivity index (χ4n) is 3.58. The summed E-state index contributed by atoms with van der Waals surface area (Å²) < 4.78 is 0. The highest BCUT2D eigenvalue weighted by molar-refractivity contribution is 6.40. The minimum absolute atomic E-state index is 0.0585. The molecular weight excluding hydrogens is 314 g/mol. The molecule has 2 amide bonds. The molecule has 1 aromatic carbocycles. The van der Waals surface area contributed by atoms with Gasteiger partial charge in [-0.05, 0) is 31.4 Å². The maximum Gasteiger partial charge on any atom is 0.267 e. The first-order valence-corrected chi connectivity index (χ1v) is 9.42. The summed E-state index contributed by atoms with van der Waals surface area (Å²) in [5, 5.41) is 8.93. The standard InChI is InChI=1S/C20H27N3O2/c1-15-9-7-8-12-18(15)23-19(24)14-13-17(22-23)20(25)21-16-10-5-3-2-4-6-11-16/h7-9,12,16H,2-6,10-11,13-14H2,1H3,(H,21,25). The van der Waals surface area contributed by atoms with Crippen molar-refractivity contribution in [3.8, 4) is 0 Å². The summed E-state index contributed by atoms with van der Waals surface area (Å²) in [5.41, 5.74) is 2.19. The van der Waals surface area contributed by atoms with E-state index in [-0.39, 0.29) is 17.9 Å². The SMILES string of the molecule is Cc1ccccc1N1N=C(C(=O)NC2CCCCCCC2)CCC1=O. The average molecular weight is 341 g/mol. The van der Waals surface area contributed by atoms with E-state index >= 15 is 0 Å². The van der Waals surface area contributed by atoms with Crippen molar-refractivity contribution in [2.45, 2.75) is 70.8 Å². The molecule has 1 heterocycles. The number of rotatable bonds is 3. The number of aryl methyl sites for hydroxylation is 1. The molecule has 5 nitrogen and oxygen atoms in total. The Kier molecular flexibility index (Phi) is 5.84. The zero-order chi connectivity index (χ0) is 17.6. The number of benzene rings is 1. The van der Waals surface area contributed by atoms with Crippen LogP contribution in [0, 0.1) is 6.92 Å². The van der Waals surface area contributed by atoms with E-state index < -0.39 is 0 Å². The quantitative estimate of drug-likeness (QED) is 0.911. The fourth-order valence-corrected chi connectivity index (χ4v) is 3.58. The van der Waals surface area contributed by atoms with Crippen LogP contribution in [0.15, 0.2) is 29.4 Å². The molecule has 0 aromatic heterocycles. The molecule has 134 valence electrons. The van der Waals surface area contributed by atoms with Gasteiger partial charge in [-0.25, -0.2) is 5.01 Å². The Bertz CT molecular complexity index is 661. The number of amides is 2. The summed E-state index contributed by atoms with van der Waals surface area (Å²) in [5.74, 6) is -0.173. The molecule has 0 spiro atoms. The monoisotopic (exact) mass is 341 g/mol. The van der Waals surface area contributed by atoms with Crippen molar-refractivity contribution in [1.82, 2.24) is 5.32 Å². The molecule has 0 saturated heterocycles. The van der Waals surface area contributed by atoms with E-state index in [4.69, 9.17) is 0 Å². The van der Waals surface area contributed by atoms with Gasteiger partial charge >= 0.3 is 0 Å². The van der Waals surface area contributed by atoms with Crippen LogP contribution in [0.5, 0.6) is 0 Å². The van der Waals surface area contributed by atoms with E-state index in [1.54, 1.807) is 0 Å². The predicted molar refractivity (Wildman–Crippen MR) is 99.6 cm³/mol. The van der Waals surface area contributed by atoms with Crippen molar-refractivity contribution in [2.75, 3.05) is 5.01 Å². The first-order valence-electron chi connectivity index (χ1n) is 9.42. The maximum absolute atomic E-state index is 12.7. The normalized spacial score (nSPS) is 19.8. The second-order valence-corrected chi connectivity index (χ2v) is 7.05. The number of anilines is 1. The zero-order valence-electron chi connectivity index (χ0n) is 15.0. The number of para-hydroxylation sites is 1. The summed E-state index contributed by atoms with van der Waals surface area (Å²) >= 11 is 0. The number of hydrogen-bond acceptors (Lipinski definition) is 3. The van der Waals surface area contributed by atoms with E-state index in [0.29, 0.717) is 18.6 Å². The Morgan fingerprint density at radius 2 is 1.76 bits per heavy atom. The highest BCUT2D eigenvalue weighted by Crippen LogP contribution is 2.24. The lowest BCUT2D eigenvalue weighted by Gasteiger charge is -2.26. The Labute approximate surface area is 149 Å². The number of nitrogens with zero attached hydrogens (tertiary/aromatic N) is 2. The molecule has 5 heteroatoms. The fraction of sp³-hybridized carbons (Fsp3) is 0.550. The number of carbonyl (C=O) groups excluding carboxylic acids is 2.